The van der Waals surface area contributed by atoms with Crippen LogP contribution in [0.25, 0.3) is 0 Å². The molecule has 0 aliphatic carbocycles. The molecule has 0 bridgehead atoms. The number of nitriles is 1. The van der Waals surface area contributed by atoms with Crippen LogP contribution in [0.5, 0.6) is 11.5 Å². The minimum Gasteiger partial charge on any atom is -0.454 e. The van der Waals surface area contributed by atoms with Gasteiger partial charge >= 0.3 is 0 Å². The highest BCUT2D eigenvalue weighted by molar-refractivity contribution is 5.88. The third kappa shape index (κ3) is 2.23. The maximum absolute atomic E-state index is 11.8. The Morgan fingerprint density at radius 1 is 1.47 bits per heavy atom. The van der Waals surface area contributed by atoms with E-state index in [0.29, 0.717) is 23.5 Å². The molecule has 1 aromatic rings. The van der Waals surface area contributed by atoms with Gasteiger partial charge in [0.25, 0.3) is 0 Å². The number of nitrogens with zero attached hydrogens (tertiary/aromatic N) is 1. The van der Waals surface area contributed by atoms with Crippen molar-refractivity contribution in [2.24, 2.45) is 0 Å². The molecule has 0 N–H and O–H groups in total. The number of fused-ring (bicyclic) bond motifs is 1. The van der Waals surface area contributed by atoms with Crippen LogP contribution in [0.4, 0.5) is 0 Å². The van der Waals surface area contributed by atoms with Crippen LogP contribution in [-0.4, -0.2) is 12.6 Å². The smallest absolute Gasteiger partial charge is 0.231 e. The zero-order valence-electron chi connectivity index (χ0n) is 9.60. The van der Waals surface area contributed by atoms with Crippen molar-refractivity contribution >= 4 is 5.78 Å². The molecule has 2 rings (SSSR count). The maximum atomic E-state index is 11.8. The van der Waals surface area contributed by atoms with Gasteiger partial charge in [-0.15, -0.1) is 0 Å². The van der Waals surface area contributed by atoms with Gasteiger partial charge in [-0.05, 0) is 24.1 Å². The van der Waals surface area contributed by atoms with Gasteiger partial charge in [0.2, 0.25) is 6.79 Å². The fraction of sp³-hybridized carbons (Fsp3) is 0.385. The quantitative estimate of drug-likeness (QED) is 0.798. The first-order chi connectivity index (χ1) is 8.26. The number of ether oxygens (including phenoxy) is 2. The van der Waals surface area contributed by atoms with E-state index in [-0.39, 0.29) is 12.6 Å². The van der Waals surface area contributed by atoms with Crippen molar-refractivity contribution in [3.63, 3.8) is 0 Å². The fourth-order valence-electron chi connectivity index (χ4n) is 1.82. The molecular formula is C13H13NO3. The minimum atomic E-state index is -0.704. The van der Waals surface area contributed by atoms with Gasteiger partial charge in [-0.1, -0.05) is 13.0 Å². The van der Waals surface area contributed by atoms with Crippen LogP contribution in [0.15, 0.2) is 18.2 Å². The van der Waals surface area contributed by atoms with E-state index < -0.39 is 5.92 Å². The van der Waals surface area contributed by atoms with Crippen molar-refractivity contribution < 1.29 is 14.3 Å². The second kappa shape index (κ2) is 4.88. The molecule has 1 aromatic carbocycles. The molecule has 1 heterocycles. The Hall–Kier alpha value is -2.02. The third-order valence-electron chi connectivity index (χ3n) is 2.68. The van der Waals surface area contributed by atoms with E-state index in [9.17, 15) is 4.79 Å². The van der Waals surface area contributed by atoms with Gasteiger partial charge in [0, 0.05) is 6.42 Å². The van der Waals surface area contributed by atoms with Gasteiger partial charge in [-0.25, -0.2) is 0 Å². The molecule has 1 atom stereocenters. The minimum absolute atomic E-state index is 0.0473. The average molecular weight is 231 g/mol. The summed E-state index contributed by atoms with van der Waals surface area (Å²) < 4.78 is 10.4. The Labute approximate surface area is 99.8 Å². The van der Waals surface area contributed by atoms with Crippen LogP contribution in [-0.2, 0) is 4.79 Å². The number of carbonyl (C=O) groups is 1. The molecule has 0 saturated heterocycles. The van der Waals surface area contributed by atoms with Crippen molar-refractivity contribution in [2.75, 3.05) is 6.79 Å². The number of Topliss-reactive ketones (excluding diaryl/α,β-unsaturated/α-hetero) is 1. The molecule has 4 heteroatoms. The van der Waals surface area contributed by atoms with E-state index in [0.717, 1.165) is 6.42 Å². The topological polar surface area (TPSA) is 59.3 Å². The molecule has 0 aromatic heterocycles. The fourth-order valence-corrected chi connectivity index (χ4v) is 1.82. The largest absolute Gasteiger partial charge is 0.454 e. The van der Waals surface area contributed by atoms with Gasteiger partial charge < -0.3 is 9.47 Å². The Kier molecular flexibility index (Phi) is 3.29. The van der Waals surface area contributed by atoms with Gasteiger partial charge in [-0.3, -0.25) is 4.79 Å². The molecule has 0 spiro atoms. The molecule has 88 valence electrons. The summed E-state index contributed by atoms with van der Waals surface area (Å²) in [5, 5.41) is 9.08. The van der Waals surface area contributed by atoms with Crippen molar-refractivity contribution in [3.05, 3.63) is 23.8 Å². The monoisotopic (exact) mass is 231 g/mol. The lowest BCUT2D eigenvalue weighted by Crippen LogP contribution is -2.10. The lowest BCUT2D eigenvalue weighted by Gasteiger charge is -2.08. The highest BCUT2D eigenvalue weighted by Gasteiger charge is 2.22. The van der Waals surface area contributed by atoms with Crippen molar-refractivity contribution in [3.8, 4) is 17.6 Å². The summed E-state index contributed by atoms with van der Waals surface area (Å²) in [6.07, 6.45) is 1.17. The van der Waals surface area contributed by atoms with Crippen LogP contribution in [0, 0.1) is 11.3 Å². The molecule has 0 radical (unpaired) electrons. The second-order valence-electron chi connectivity index (χ2n) is 3.89. The molecule has 0 fully saturated rings. The van der Waals surface area contributed by atoms with E-state index >= 15 is 0 Å². The molecule has 1 unspecified atom stereocenters. The molecule has 0 saturated carbocycles. The van der Waals surface area contributed by atoms with Crippen molar-refractivity contribution in [1.82, 2.24) is 0 Å². The Balaban J connectivity index is 2.26. The molecule has 1 aliphatic heterocycles. The van der Waals surface area contributed by atoms with Gasteiger partial charge in [-0.2, -0.15) is 5.26 Å². The lowest BCUT2D eigenvalue weighted by atomic mass is 9.93. The number of carbonyl (C=O) groups excluding carboxylic acids is 1. The molecule has 1 aliphatic rings. The van der Waals surface area contributed by atoms with Crippen molar-refractivity contribution in [2.45, 2.75) is 25.7 Å². The van der Waals surface area contributed by atoms with Crippen LogP contribution in [0.1, 0.15) is 31.2 Å². The first-order valence-corrected chi connectivity index (χ1v) is 5.58. The number of hydrogen-bond acceptors (Lipinski definition) is 4. The summed E-state index contributed by atoms with van der Waals surface area (Å²) in [7, 11) is 0. The number of rotatable bonds is 4. The van der Waals surface area contributed by atoms with E-state index in [1.807, 2.05) is 13.0 Å². The van der Waals surface area contributed by atoms with Crippen molar-refractivity contribution in [1.29, 1.82) is 5.26 Å². The summed E-state index contributed by atoms with van der Waals surface area (Å²) in [4.78, 5) is 11.8. The summed E-state index contributed by atoms with van der Waals surface area (Å²) in [6.45, 7) is 2.12. The first-order valence-electron chi connectivity index (χ1n) is 5.58. The zero-order chi connectivity index (χ0) is 12.3. The van der Waals surface area contributed by atoms with Crippen LogP contribution in [0.3, 0.4) is 0 Å². The highest BCUT2D eigenvalue weighted by atomic mass is 16.7. The predicted molar refractivity (Wildman–Crippen MR) is 60.8 cm³/mol. The summed E-state index contributed by atoms with van der Waals surface area (Å²) in [5.74, 6) is 0.513. The molecule has 0 amide bonds. The van der Waals surface area contributed by atoms with Gasteiger partial charge in [0.1, 0.15) is 5.92 Å². The molecular weight excluding hydrogens is 218 g/mol. The Morgan fingerprint density at radius 3 is 2.94 bits per heavy atom. The highest BCUT2D eigenvalue weighted by Crippen LogP contribution is 2.34. The number of hydrogen-bond donors (Lipinski definition) is 0. The summed E-state index contributed by atoms with van der Waals surface area (Å²) in [6, 6.07) is 7.24. The predicted octanol–water partition coefficient (Wildman–Crippen LogP) is 2.39. The normalized spacial score (nSPS) is 14.1. The SMILES string of the molecule is CCCC(=O)C(C#N)c1ccc2c(c1)OCO2. The number of ketones is 1. The summed E-state index contributed by atoms with van der Waals surface area (Å²) in [5.41, 5.74) is 0.676. The maximum Gasteiger partial charge on any atom is 0.231 e. The average Bonchev–Trinajstić information content (AvgIpc) is 2.77. The lowest BCUT2D eigenvalue weighted by molar-refractivity contribution is -0.119. The Morgan fingerprint density at radius 2 is 2.24 bits per heavy atom. The van der Waals surface area contributed by atoms with Crippen LogP contribution < -0.4 is 9.47 Å². The third-order valence-corrected chi connectivity index (χ3v) is 2.68. The van der Waals surface area contributed by atoms with Gasteiger partial charge in [0.15, 0.2) is 17.3 Å². The van der Waals surface area contributed by atoms with E-state index in [2.05, 4.69) is 0 Å². The number of benzene rings is 1. The first kappa shape index (κ1) is 11.5. The van der Waals surface area contributed by atoms with Crippen LogP contribution >= 0.6 is 0 Å². The van der Waals surface area contributed by atoms with Crippen LogP contribution in [0.2, 0.25) is 0 Å². The second-order valence-corrected chi connectivity index (χ2v) is 3.89. The van der Waals surface area contributed by atoms with E-state index in [4.69, 9.17) is 14.7 Å². The summed E-state index contributed by atoms with van der Waals surface area (Å²) >= 11 is 0. The van der Waals surface area contributed by atoms with E-state index in [1.165, 1.54) is 0 Å². The molecule has 17 heavy (non-hydrogen) atoms. The molecule has 4 nitrogen and oxygen atoms in total. The zero-order valence-corrected chi connectivity index (χ0v) is 9.60. The standard InChI is InChI=1S/C13H13NO3/c1-2-3-11(15)10(7-14)9-4-5-12-13(6-9)17-8-16-12/h4-6,10H,2-3,8H2,1H3. The van der Waals surface area contributed by atoms with E-state index in [1.54, 1.807) is 18.2 Å². The Bertz CT molecular complexity index is 476. The van der Waals surface area contributed by atoms with Gasteiger partial charge in [0.05, 0.1) is 6.07 Å².